The van der Waals surface area contributed by atoms with E-state index in [4.69, 9.17) is 10.2 Å². The summed E-state index contributed by atoms with van der Waals surface area (Å²) in [4.78, 5) is 11.1. The molecule has 1 unspecified atom stereocenters. The molecule has 0 heterocycles. The van der Waals surface area contributed by atoms with Crippen LogP contribution in [0.4, 0.5) is 0 Å². The maximum absolute atomic E-state index is 12.2. The second-order valence-corrected chi connectivity index (χ2v) is 6.81. The molecule has 0 aliphatic carbocycles. The molecule has 1 aromatic rings. The molecule has 0 radical (unpaired) electrons. The van der Waals surface area contributed by atoms with Crippen molar-refractivity contribution < 1.29 is 23.4 Å². The fourth-order valence-corrected chi connectivity index (χ4v) is 3.80. The Morgan fingerprint density at radius 1 is 1.26 bits per heavy atom. The van der Waals surface area contributed by atoms with Crippen molar-refractivity contribution in [2.45, 2.75) is 25.7 Å². The predicted octanol–water partition coefficient (Wildman–Crippen LogP) is 1.40. The molecule has 0 saturated heterocycles. The molecule has 1 aromatic carbocycles. The number of carboxylic acids is 1. The van der Waals surface area contributed by atoms with Crippen LogP contribution in [0.3, 0.4) is 0 Å². The van der Waals surface area contributed by atoms with Crippen LogP contribution in [-0.2, 0) is 9.84 Å². The number of carbonyl (C=O) groups is 1. The Hall–Kier alpha value is -1.40. The quantitative estimate of drug-likeness (QED) is 0.853. The Morgan fingerprint density at radius 3 is 2.32 bits per heavy atom. The Morgan fingerprint density at radius 2 is 1.84 bits per heavy atom. The molecule has 0 spiro atoms. The van der Waals surface area contributed by atoms with Gasteiger partial charge in [-0.15, -0.1) is 0 Å². The molecule has 19 heavy (non-hydrogen) atoms. The van der Waals surface area contributed by atoms with E-state index >= 15 is 0 Å². The largest absolute Gasteiger partial charge is 0.478 e. The third kappa shape index (κ3) is 3.54. The highest BCUT2D eigenvalue weighted by atomic mass is 32.2. The summed E-state index contributed by atoms with van der Waals surface area (Å²) in [7, 11) is -3.60. The summed E-state index contributed by atoms with van der Waals surface area (Å²) >= 11 is 0. The molecule has 0 saturated carbocycles. The summed E-state index contributed by atoms with van der Waals surface area (Å²) in [6.07, 6.45) is 0. The molecule has 5 nitrogen and oxygen atoms in total. The molecule has 1 atom stereocenters. The summed E-state index contributed by atoms with van der Waals surface area (Å²) < 4.78 is 24.4. The Labute approximate surface area is 112 Å². The predicted molar refractivity (Wildman–Crippen MR) is 71.2 cm³/mol. The first-order valence-corrected chi connectivity index (χ1v) is 7.52. The molecule has 6 heteroatoms. The summed E-state index contributed by atoms with van der Waals surface area (Å²) in [6, 6.07) is 2.76. The van der Waals surface area contributed by atoms with Crippen molar-refractivity contribution in [2.75, 3.05) is 12.4 Å². The fourth-order valence-electron chi connectivity index (χ4n) is 1.91. The van der Waals surface area contributed by atoms with Gasteiger partial charge in [0.2, 0.25) is 0 Å². The molecule has 0 amide bonds. The Balaban J connectivity index is 3.34. The van der Waals surface area contributed by atoms with Gasteiger partial charge in [0.05, 0.1) is 16.2 Å². The highest BCUT2D eigenvalue weighted by Gasteiger charge is 2.22. The number of aryl methyl sites for hydroxylation is 2. The SMILES string of the molecule is Cc1cc(C)c(S(=O)(=O)CC(C)CO)cc1C(=O)O. The van der Waals surface area contributed by atoms with Gasteiger partial charge in [0.1, 0.15) is 0 Å². The van der Waals surface area contributed by atoms with Gasteiger partial charge in [-0.05, 0) is 37.0 Å². The van der Waals surface area contributed by atoms with E-state index in [1.54, 1.807) is 26.8 Å². The lowest BCUT2D eigenvalue weighted by molar-refractivity contribution is 0.0696. The second kappa shape index (κ2) is 5.71. The van der Waals surface area contributed by atoms with Crippen LogP contribution < -0.4 is 0 Å². The molecule has 0 aromatic heterocycles. The van der Waals surface area contributed by atoms with Crippen LogP contribution in [0.25, 0.3) is 0 Å². The number of benzene rings is 1. The van der Waals surface area contributed by atoms with Gasteiger partial charge in [-0.25, -0.2) is 13.2 Å². The van der Waals surface area contributed by atoms with Gasteiger partial charge in [0, 0.05) is 6.61 Å². The van der Waals surface area contributed by atoms with Crippen LogP contribution in [0.1, 0.15) is 28.4 Å². The maximum Gasteiger partial charge on any atom is 0.335 e. The van der Waals surface area contributed by atoms with Crippen LogP contribution >= 0.6 is 0 Å². The molecule has 0 aliphatic heterocycles. The highest BCUT2D eigenvalue weighted by molar-refractivity contribution is 7.91. The van der Waals surface area contributed by atoms with Gasteiger partial charge in [-0.1, -0.05) is 13.0 Å². The molecule has 1 rings (SSSR count). The number of sulfone groups is 1. The van der Waals surface area contributed by atoms with Crippen molar-refractivity contribution in [3.63, 3.8) is 0 Å². The fraction of sp³-hybridized carbons (Fsp3) is 0.462. The van der Waals surface area contributed by atoms with Crippen LogP contribution in [0.2, 0.25) is 0 Å². The van der Waals surface area contributed by atoms with Crippen molar-refractivity contribution in [3.05, 3.63) is 28.8 Å². The van der Waals surface area contributed by atoms with Gasteiger partial charge in [0.25, 0.3) is 0 Å². The van der Waals surface area contributed by atoms with Crippen LogP contribution in [0, 0.1) is 19.8 Å². The van der Waals surface area contributed by atoms with E-state index in [0.29, 0.717) is 11.1 Å². The lowest BCUT2D eigenvalue weighted by Crippen LogP contribution is -2.18. The normalized spacial score (nSPS) is 13.3. The number of rotatable bonds is 5. The number of hydrogen-bond donors (Lipinski definition) is 2. The minimum Gasteiger partial charge on any atom is -0.478 e. The van der Waals surface area contributed by atoms with Crippen molar-refractivity contribution in [2.24, 2.45) is 5.92 Å². The van der Waals surface area contributed by atoms with Gasteiger partial charge >= 0.3 is 5.97 Å². The molecule has 0 bridgehead atoms. The van der Waals surface area contributed by atoms with Crippen LogP contribution in [0.5, 0.6) is 0 Å². The summed E-state index contributed by atoms with van der Waals surface area (Å²) in [5.74, 6) is -1.74. The van der Waals surface area contributed by atoms with Gasteiger partial charge in [-0.2, -0.15) is 0 Å². The van der Waals surface area contributed by atoms with E-state index in [-0.39, 0.29) is 28.7 Å². The monoisotopic (exact) mass is 286 g/mol. The van der Waals surface area contributed by atoms with Crippen LogP contribution in [0.15, 0.2) is 17.0 Å². The maximum atomic E-state index is 12.2. The smallest absolute Gasteiger partial charge is 0.335 e. The molecule has 0 fully saturated rings. The van der Waals surface area contributed by atoms with E-state index in [0.717, 1.165) is 0 Å². The second-order valence-electron chi connectivity index (χ2n) is 4.81. The summed E-state index contributed by atoms with van der Waals surface area (Å²) in [5, 5.41) is 18.0. The highest BCUT2D eigenvalue weighted by Crippen LogP contribution is 2.23. The minimum atomic E-state index is -3.60. The topological polar surface area (TPSA) is 91.7 Å². The number of aromatic carboxylic acids is 1. The first kappa shape index (κ1) is 15.7. The first-order chi connectivity index (χ1) is 8.69. The van der Waals surface area contributed by atoms with Gasteiger partial charge < -0.3 is 10.2 Å². The number of carboxylic acid groups (broad SMARTS) is 1. The van der Waals surface area contributed by atoms with Crippen molar-refractivity contribution >= 4 is 15.8 Å². The first-order valence-electron chi connectivity index (χ1n) is 5.87. The number of aliphatic hydroxyl groups is 1. The zero-order chi connectivity index (χ0) is 14.8. The van der Waals surface area contributed by atoms with Crippen molar-refractivity contribution in [3.8, 4) is 0 Å². The molecule has 0 aliphatic rings. The van der Waals surface area contributed by atoms with E-state index in [1.807, 2.05) is 0 Å². The Kier molecular flexibility index (Phi) is 4.70. The third-order valence-electron chi connectivity index (χ3n) is 2.90. The number of hydrogen-bond acceptors (Lipinski definition) is 4. The molecular weight excluding hydrogens is 268 g/mol. The van der Waals surface area contributed by atoms with Gasteiger partial charge in [-0.3, -0.25) is 0 Å². The zero-order valence-corrected chi connectivity index (χ0v) is 12.0. The third-order valence-corrected chi connectivity index (χ3v) is 5.02. The average molecular weight is 286 g/mol. The molecule has 2 N–H and O–H groups in total. The van der Waals surface area contributed by atoms with Crippen molar-refractivity contribution in [1.29, 1.82) is 0 Å². The molecule has 106 valence electrons. The van der Waals surface area contributed by atoms with Gasteiger partial charge in [0.15, 0.2) is 9.84 Å². The van der Waals surface area contributed by atoms with Crippen LogP contribution in [-0.4, -0.2) is 37.0 Å². The summed E-state index contributed by atoms with van der Waals surface area (Å²) in [6.45, 7) is 4.66. The lowest BCUT2D eigenvalue weighted by atomic mass is 10.1. The van der Waals surface area contributed by atoms with E-state index in [1.165, 1.54) is 6.07 Å². The van der Waals surface area contributed by atoms with E-state index in [9.17, 15) is 13.2 Å². The molecular formula is C13H18O5S. The van der Waals surface area contributed by atoms with Crippen molar-refractivity contribution in [1.82, 2.24) is 0 Å². The Bertz CT molecular complexity index is 589. The average Bonchev–Trinajstić information content (AvgIpc) is 2.27. The minimum absolute atomic E-state index is 0.0131. The zero-order valence-electron chi connectivity index (χ0n) is 11.2. The standard InChI is InChI=1S/C13H18O5S/c1-8(6-14)7-19(17,18)12-5-11(13(15)16)9(2)4-10(12)3/h4-5,8,14H,6-7H2,1-3H3,(H,15,16). The summed E-state index contributed by atoms with van der Waals surface area (Å²) in [5.41, 5.74) is 1.03. The van der Waals surface area contributed by atoms with E-state index in [2.05, 4.69) is 0 Å². The lowest BCUT2D eigenvalue weighted by Gasteiger charge is -2.13. The van der Waals surface area contributed by atoms with E-state index < -0.39 is 15.8 Å². The number of aliphatic hydroxyl groups excluding tert-OH is 1.